The molecule has 3 aromatic rings. The summed E-state index contributed by atoms with van der Waals surface area (Å²) in [6.07, 6.45) is 2.02. The summed E-state index contributed by atoms with van der Waals surface area (Å²) in [5.74, 6) is -0.949. The number of rotatable bonds is 5. The molecule has 1 aliphatic rings. The van der Waals surface area contributed by atoms with Gasteiger partial charge in [-0.3, -0.25) is 10.3 Å². The van der Waals surface area contributed by atoms with E-state index in [0.717, 1.165) is 16.5 Å². The number of fused-ring (bicyclic) bond motifs is 1. The smallest absolute Gasteiger partial charge is 0.326 e. The Labute approximate surface area is 161 Å². The predicted molar refractivity (Wildman–Crippen MR) is 105 cm³/mol. The van der Waals surface area contributed by atoms with Crippen LogP contribution in [-0.2, 0) is 16.9 Å². The largest absolute Gasteiger partial charge is 0.508 e. The Bertz CT molecular complexity index is 1080. The molecule has 0 aliphatic carbocycles. The first kappa shape index (κ1) is 17.7. The average Bonchev–Trinajstić information content (AvgIpc) is 3.22. The van der Waals surface area contributed by atoms with E-state index in [0.29, 0.717) is 5.56 Å². The van der Waals surface area contributed by atoms with Gasteiger partial charge in [0.15, 0.2) is 5.66 Å². The SMILES string of the molecule is CC1(c2ccccc2O)NN=C(N)N1C(Cc1c[nH]c2ccccc12)C(=O)O. The number of benzene rings is 2. The highest BCUT2D eigenvalue weighted by molar-refractivity contribution is 5.88. The third-order valence-corrected chi connectivity index (χ3v) is 5.23. The standard InChI is InChI=1S/C20H21N5O3/c1-20(14-7-3-5-9-17(14)26)24-23-19(21)25(20)16(18(27)28)10-12-11-22-15-8-4-2-6-13(12)15/h2-9,11,16,22,24,26H,10H2,1H3,(H2,21,23)(H,27,28). The van der Waals surface area contributed by atoms with E-state index in [4.69, 9.17) is 5.73 Å². The number of aromatic nitrogens is 1. The molecule has 0 fully saturated rings. The number of hydrogen-bond donors (Lipinski definition) is 5. The Hall–Kier alpha value is -3.68. The average molecular weight is 379 g/mol. The van der Waals surface area contributed by atoms with E-state index in [1.54, 1.807) is 31.2 Å². The highest BCUT2D eigenvalue weighted by Crippen LogP contribution is 2.36. The number of aliphatic carboxylic acids is 1. The molecule has 1 aliphatic heterocycles. The van der Waals surface area contributed by atoms with Crippen LogP contribution >= 0.6 is 0 Å². The second kappa shape index (κ2) is 6.49. The van der Waals surface area contributed by atoms with Crippen molar-refractivity contribution < 1.29 is 15.0 Å². The third-order valence-electron chi connectivity index (χ3n) is 5.23. The molecule has 28 heavy (non-hydrogen) atoms. The first-order valence-corrected chi connectivity index (χ1v) is 8.88. The molecule has 4 rings (SSSR count). The molecule has 0 spiro atoms. The van der Waals surface area contributed by atoms with Crippen LogP contribution in [0.1, 0.15) is 18.1 Å². The van der Waals surface area contributed by atoms with Crippen LogP contribution in [0.2, 0.25) is 0 Å². The zero-order valence-corrected chi connectivity index (χ0v) is 15.3. The molecular formula is C20H21N5O3. The summed E-state index contributed by atoms with van der Waals surface area (Å²) in [7, 11) is 0. The summed E-state index contributed by atoms with van der Waals surface area (Å²) in [6, 6.07) is 13.4. The number of H-pyrrole nitrogens is 1. The van der Waals surface area contributed by atoms with Gasteiger partial charge in [0.1, 0.15) is 11.8 Å². The molecule has 0 radical (unpaired) electrons. The molecule has 2 heterocycles. The minimum Gasteiger partial charge on any atom is -0.508 e. The number of nitrogens with one attached hydrogen (secondary N) is 2. The lowest BCUT2D eigenvalue weighted by Gasteiger charge is -2.39. The molecule has 2 atom stereocenters. The zero-order chi connectivity index (χ0) is 19.9. The van der Waals surface area contributed by atoms with Crippen LogP contribution in [0.3, 0.4) is 0 Å². The summed E-state index contributed by atoms with van der Waals surface area (Å²) >= 11 is 0. The van der Waals surface area contributed by atoms with E-state index in [-0.39, 0.29) is 18.1 Å². The maximum absolute atomic E-state index is 12.2. The van der Waals surface area contributed by atoms with Gasteiger partial charge in [0, 0.05) is 29.1 Å². The second-order valence-corrected chi connectivity index (χ2v) is 6.96. The summed E-state index contributed by atoms with van der Waals surface area (Å²) in [5, 5.41) is 25.4. The van der Waals surface area contributed by atoms with Crippen molar-refractivity contribution in [3.05, 3.63) is 65.9 Å². The van der Waals surface area contributed by atoms with Gasteiger partial charge in [-0.1, -0.05) is 36.4 Å². The van der Waals surface area contributed by atoms with Crippen molar-refractivity contribution in [2.75, 3.05) is 0 Å². The molecule has 0 saturated carbocycles. The van der Waals surface area contributed by atoms with Gasteiger partial charge in [-0.15, -0.1) is 5.10 Å². The first-order chi connectivity index (χ1) is 13.4. The number of aromatic hydroxyl groups is 1. The fourth-order valence-corrected chi connectivity index (χ4v) is 3.85. The number of phenolic OH excluding ortho intramolecular Hbond substituents is 1. The predicted octanol–water partition coefficient (Wildman–Crippen LogP) is 1.88. The number of aromatic amines is 1. The van der Waals surface area contributed by atoms with Crippen LogP contribution in [0.4, 0.5) is 0 Å². The lowest BCUT2D eigenvalue weighted by Crippen LogP contribution is -2.58. The summed E-state index contributed by atoms with van der Waals surface area (Å²) < 4.78 is 0. The maximum atomic E-state index is 12.2. The van der Waals surface area contributed by atoms with E-state index in [9.17, 15) is 15.0 Å². The Balaban J connectivity index is 1.76. The third kappa shape index (κ3) is 2.70. The molecule has 0 amide bonds. The molecule has 1 aromatic heterocycles. The van der Waals surface area contributed by atoms with Crippen LogP contribution in [0.25, 0.3) is 10.9 Å². The summed E-state index contributed by atoms with van der Waals surface area (Å²) in [4.78, 5) is 16.9. The van der Waals surface area contributed by atoms with Gasteiger partial charge in [-0.25, -0.2) is 4.79 Å². The molecular weight excluding hydrogens is 358 g/mol. The Kier molecular flexibility index (Phi) is 4.11. The van der Waals surface area contributed by atoms with E-state index in [1.807, 2.05) is 30.5 Å². The molecule has 8 heteroatoms. The molecule has 8 nitrogen and oxygen atoms in total. The van der Waals surface area contributed by atoms with Gasteiger partial charge in [-0.2, -0.15) is 0 Å². The number of phenols is 1. The van der Waals surface area contributed by atoms with Crippen molar-refractivity contribution in [1.82, 2.24) is 15.3 Å². The van der Waals surface area contributed by atoms with E-state index in [2.05, 4.69) is 15.5 Å². The normalized spacial score (nSPS) is 20.0. The van der Waals surface area contributed by atoms with E-state index >= 15 is 0 Å². The van der Waals surface area contributed by atoms with Crippen LogP contribution in [0.5, 0.6) is 5.75 Å². The van der Waals surface area contributed by atoms with Gasteiger partial charge in [0.25, 0.3) is 0 Å². The molecule has 2 unspecified atom stereocenters. The second-order valence-electron chi connectivity index (χ2n) is 6.96. The number of nitrogens with zero attached hydrogens (tertiary/aromatic N) is 2. The van der Waals surface area contributed by atoms with Crippen molar-refractivity contribution >= 4 is 22.8 Å². The maximum Gasteiger partial charge on any atom is 0.326 e. The number of carboxylic acid groups (broad SMARTS) is 1. The fourth-order valence-electron chi connectivity index (χ4n) is 3.85. The number of para-hydroxylation sites is 2. The number of nitrogens with two attached hydrogens (primary N) is 1. The quantitative estimate of drug-likeness (QED) is 0.461. The van der Waals surface area contributed by atoms with Crippen molar-refractivity contribution in [1.29, 1.82) is 0 Å². The number of carboxylic acids is 1. The fraction of sp³-hybridized carbons (Fsp3) is 0.200. The molecule has 144 valence electrons. The Morgan fingerprint density at radius 3 is 2.71 bits per heavy atom. The van der Waals surface area contributed by atoms with Gasteiger partial charge in [0.2, 0.25) is 5.96 Å². The molecule has 0 saturated heterocycles. The monoisotopic (exact) mass is 379 g/mol. The van der Waals surface area contributed by atoms with Crippen LogP contribution in [-0.4, -0.2) is 38.1 Å². The summed E-state index contributed by atoms with van der Waals surface area (Å²) in [6.45, 7) is 1.75. The minimum absolute atomic E-state index is 0.0311. The number of guanidine groups is 1. The van der Waals surface area contributed by atoms with E-state index in [1.165, 1.54) is 4.90 Å². The zero-order valence-electron chi connectivity index (χ0n) is 15.3. The minimum atomic E-state index is -1.11. The van der Waals surface area contributed by atoms with Gasteiger partial charge < -0.3 is 20.9 Å². The van der Waals surface area contributed by atoms with Crippen molar-refractivity contribution in [2.24, 2.45) is 10.8 Å². The lowest BCUT2D eigenvalue weighted by atomic mass is 9.95. The molecule has 6 N–H and O–H groups in total. The highest BCUT2D eigenvalue weighted by atomic mass is 16.4. The Morgan fingerprint density at radius 2 is 1.96 bits per heavy atom. The van der Waals surface area contributed by atoms with Gasteiger partial charge >= 0.3 is 5.97 Å². The first-order valence-electron chi connectivity index (χ1n) is 8.88. The summed E-state index contributed by atoms with van der Waals surface area (Å²) in [5.41, 5.74) is 10.2. The van der Waals surface area contributed by atoms with Crippen LogP contribution in [0, 0.1) is 0 Å². The Morgan fingerprint density at radius 1 is 1.25 bits per heavy atom. The van der Waals surface area contributed by atoms with Crippen LogP contribution < -0.4 is 11.2 Å². The van der Waals surface area contributed by atoms with Crippen molar-refractivity contribution in [3.8, 4) is 5.75 Å². The van der Waals surface area contributed by atoms with Crippen LogP contribution in [0.15, 0.2) is 59.8 Å². The number of carbonyl (C=O) groups is 1. The number of hydrogen-bond acceptors (Lipinski definition) is 6. The van der Waals surface area contributed by atoms with E-state index < -0.39 is 17.7 Å². The number of hydrazone groups is 1. The van der Waals surface area contributed by atoms with Gasteiger partial charge in [-0.05, 0) is 24.6 Å². The van der Waals surface area contributed by atoms with Crippen molar-refractivity contribution in [2.45, 2.75) is 25.0 Å². The van der Waals surface area contributed by atoms with Crippen molar-refractivity contribution in [3.63, 3.8) is 0 Å². The highest BCUT2D eigenvalue weighted by Gasteiger charge is 2.47. The molecule has 2 aromatic carbocycles. The van der Waals surface area contributed by atoms with Gasteiger partial charge in [0.05, 0.1) is 0 Å². The lowest BCUT2D eigenvalue weighted by molar-refractivity contribution is -0.143. The molecule has 0 bridgehead atoms. The topological polar surface area (TPSA) is 127 Å².